The predicted octanol–water partition coefficient (Wildman–Crippen LogP) is 2.25. The summed E-state index contributed by atoms with van der Waals surface area (Å²) < 4.78 is 0. The van der Waals surface area contributed by atoms with Crippen LogP contribution in [0.1, 0.15) is 24.4 Å². The lowest BCUT2D eigenvalue weighted by molar-refractivity contribution is -0.117. The van der Waals surface area contributed by atoms with Gasteiger partial charge in [-0.05, 0) is 17.9 Å². The average Bonchev–Trinajstić information content (AvgIpc) is 2.86. The second-order valence-corrected chi connectivity index (χ2v) is 6.45. The van der Waals surface area contributed by atoms with Crippen molar-refractivity contribution >= 4 is 22.4 Å². The second-order valence-electron chi connectivity index (χ2n) is 5.38. The normalized spacial score (nSPS) is 12.4. The van der Waals surface area contributed by atoms with Gasteiger partial charge in [-0.15, -0.1) is 10.2 Å². The zero-order valence-corrected chi connectivity index (χ0v) is 13.1. The molecule has 0 unspecified atom stereocenters. The van der Waals surface area contributed by atoms with Gasteiger partial charge in [0.1, 0.15) is 5.01 Å². The summed E-state index contributed by atoms with van der Waals surface area (Å²) >= 11 is 1.40. The highest BCUT2D eigenvalue weighted by molar-refractivity contribution is 7.15. The quantitative estimate of drug-likeness (QED) is 0.857. The molecule has 21 heavy (non-hydrogen) atoms. The molecular formula is C15H20N4OS. The lowest BCUT2D eigenvalue weighted by atomic mass is 10.1. The van der Waals surface area contributed by atoms with E-state index in [1.54, 1.807) is 0 Å². The highest BCUT2D eigenvalue weighted by atomic mass is 32.1. The third kappa shape index (κ3) is 4.91. The molecule has 3 N–H and O–H groups in total. The summed E-state index contributed by atoms with van der Waals surface area (Å²) in [7, 11) is 0. The fourth-order valence-electron chi connectivity index (χ4n) is 1.89. The van der Waals surface area contributed by atoms with Crippen LogP contribution in [0.5, 0.6) is 0 Å². The first-order chi connectivity index (χ1) is 10.0. The number of hydrogen-bond donors (Lipinski definition) is 2. The van der Waals surface area contributed by atoms with E-state index in [-0.39, 0.29) is 5.91 Å². The molecule has 0 aliphatic carbocycles. The first kappa shape index (κ1) is 15.6. The van der Waals surface area contributed by atoms with Crippen LogP contribution >= 0.6 is 11.3 Å². The van der Waals surface area contributed by atoms with Crippen molar-refractivity contribution in [2.75, 3.05) is 5.32 Å². The molecule has 1 heterocycles. The van der Waals surface area contributed by atoms with Crippen LogP contribution in [0.2, 0.25) is 0 Å². The zero-order valence-electron chi connectivity index (χ0n) is 12.2. The highest BCUT2D eigenvalue weighted by Crippen LogP contribution is 2.18. The van der Waals surface area contributed by atoms with Gasteiger partial charge in [-0.3, -0.25) is 10.1 Å². The smallest absolute Gasteiger partial charge is 0.243 e. The Kier molecular flexibility index (Phi) is 5.41. The zero-order chi connectivity index (χ0) is 15.2. The molecule has 0 radical (unpaired) electrons. The van der Waals surface area contributed by atoms with Crippen molar-refractivity contribution in [3.63, 3.8) is 0 Å². The summed E-state index contributed by atoms with van der Waals surface area (Å²) in [4.78, 5) is 12.1. The van der Waals surface area contributed by atoms with Gasteiger partial charge in [-0.1, -0.05) is 55.5 Å². The van der Waals surface area contributed by atoms with E-state index in [2.05, 4.69) is 29.4 Å². The van der Waals surface area contributed by atoms with Crippen molar-refractivity contribution in [2.45, 2.75) is 32.7 Å². The number of nitrogens with zero attached hydrogens (tertiary/aromatic N) is 2. The van der Waals surface area contributed by atoms with E-state index in [1.165, 1.54) is 11.3 Å². The summed E-state index contributed by atoms with van der Waals surface area (Å²) in [5, 5.41) is 12.2. The molecule has 112 valence electrons. The van der Waals surface area contributed by atoms with Gasteiger partial charge < -0.3 is 5.73 Å². The van der Waals surface area contributed by atoms with E-state index in [0.717, 1.165) is 17.0 Å². The van der Waals surface area contributed by atoms with Crippen LogP contribution in [0.15, 0.2) is 30.3 Å². The van der Waals surface area contributed by atoms with Crippen LogP contribution in [-0.2, 0) is 17.6 Å². The van der Waals surface area contributed by atoms with Crippen molar-refractivity contribution in [1.82, 2.24) is 10.2 Å². The van der Waals surface area contributed by atoms with E-state index in [0.29, 0.717) is 17.5 Å². The molecule has 5 nitrogen and oxygen atoms in total. The largest absolute Gasteiger partial charge is 0.320 e. The Bertz CT molecular complexity index is 582. The monoisotopic (exact) mass is 304 g/mol. The topological polar surface area (TPSA) is 80.9 Å². The van der Waals surface area contributed by atoms with Crippen LogP contribution in [0.25, 0.3) is 0 Å². The second kappa shape index (κ2) is 7.28. The van der Waals surface area contributed by atoms with Crippen LogP contribution in [0.4, 0.5) is 5.13 Å². The molecule has 0 bridgehead atoms. The van der Waals surface area contributed by atoms with Gasteiger partial charge in [-0.25, -0.2) is 0 Å². The SMILES string of the molecule is CC(C)Cc1nnc(NC(=O)[C@@H](N)Cc2ccccc2)s1. The Morgan fingerprint density at radius 3 is 2.62 bits per heavy atom. The van der Waals surface area contributed by atoms with Gasteiger partial charge in [0.05, 0.1) is 6.04 Å². The van der Waals surface area contributed by atoms with Gasteiger partial charge in [0, 0.05) is 6.42 Å². The standard InChI is InChI=1S/C15H20N4OS/c1-10(2)8-13-18-19-15(21-13)17-14(20)12(16)9-11-6-4-3-5-7-11/h3-7,10,12H,8-9,16H2,1-2H3,(H,17,19,20)/t12-/m0/s1. The lowest BCUT2D eigenvalue weighted by Gasteiger charge is -2.10. The summed E-state index contributed by atoms with van der Waals surface area (Å²) in [6.45, 7) is 4.24. The third-order valence-electron chi connectivity index (χ3n) is 2.92. The number of rotatable bonds is 6. The summed E-state index contributed by atoms with van der Waals surface area (Å²) in [5.41, 5.74) is 6.97. The van der Waals surface area contributed by atoms with Crippen LogP contribution < -0.4 is 11.1 Å². The van der Waals surface area contributed by atoms with Crippen LogP contribution in [-0.4, -0.2) is 22.1 Å². The van der Waals surface area contributed by atoms with Crippen molar-refractivity contribution in [2.24, 2.45) is 11.7 Å². The molecule has 0 saturated heterocycles. The minimum absolute atomic E-state index is 0.230. The van der Waals surface area contributed by atoms with Gasteiger partial charge in [0.15, 0.2) is 0 Å². The molecule has 1 atom stereocenters. The number of carbonyl (C=O) groups is 1. The van der Waals surface area contributed by atoms with Crippen molar-refractivity contribution < 1.29 is 4.79 Å². The fourth-order valence-corrected chi connectivity index (χ4v) is 2.85. The van der Waals surface area contributed by atoms with Gasteiger partial charge in [0.25, 0.3) is 0 Å². The third-order valence-corrected chi connectivity index (χ3v) is 3.78. The van der Waals surface area contributed by atoms with Crippen LogP contribution in [0.3, 0.4) is 0 Å². The average molecular weight is 304 g/mol. The van der Waals surface area contributed by atoms with Crippen LogP contribution in [0, 0.1) is 5.92 Å². The van der Waals surface area contributed by atoms with E-state index in [1.807, 2.05) is 30.3 Å². The predicted molar refractivity (Wildman–Crippen MR) is 85.2 cm³/mol. The minimum Gasteiger partial charge on any atom is -0.320 e. The molecule has 0 aliphatic rings. The fraction of sp³-hybridized carbons (Fsp3) is 0.400. The summed E-state index contributed by atoms with van der Waals surface area (Å²) in [5.74, 6) is 0.285. The molecule has 0 aliphatic heterocycles. The lowest BCUT2D eigenvalue weighted by Crippen LogP contribution is -2.37. The van der Waals surface area contributed by atoms with E-state index in [4.69, 9.17) is 5.73 Å². The Morgan fingerprint density at radius 2 is 1.95 bits per heavy atom. The number of aromatic nitrogens is 2. The molecule has 2 aromatic rings. The Labute approximate surface area is 128 Å². The maximum atomic E-state index is 12.1. The number of benzene rings is 1. The minimum atomic E-state index is -0.593. The Morgan fingerprint density at radius 1 is 1.24 bits per heavy atom. The molecule has 1 aromatic carbocycles. The number of hydrogen-bond acceptors (Lipinski definition) is 5. The van der Waals surface area contributed by atoms with Crippen molar-refractivity contribution in [3.8, 4) is 0 Å². The number of amides is 1. The molecule has 6 heteroatoms. The van der Waals surface area contributed by atoms with Crippen molar-refractivity contribution in [3.05, 3.63) is 40.9 Å². The molecule has 2 rings (SSSR count). The Hall–Kier alpha value is -1.79. The van der Waals surface area contributed by atoms with E-state index < -0.39 is 6.04 Å². The van der Waals surface area contributed by atoms with Crippen molar-refractivity contribution in [1.29, 1.82) is 0 Å². The maximum Gasteiger partial charge on any atom is 0.243 e. The van der Waals surface area contributed by atoms with Gasteiger partial charge in [-0.2, -0.15) is 0 Å². The number of carbonyl (C=O) groups excluding carboxylic acids is 1. The number of anilines is 1. The first-order valence-electron chi connectivity index (χ1n) is 6.97. The molecular weight excluding hydrogens is 284 g/mol. The number of nitrogens with two attached hydrogens (primary N) is 1. The van der Waals surface area contributed by atoms with E-state index >= 15 is 0 Å². The number of nitrogens with one attached hydrogen (secondary N) is 1. The molecule has 1 amide bonds. The highest BCUT2D eigenvalue weighted by Gasteiger charge is 2.16. The molecule has 0 saturated carbocycles. The molecule has 0 fully saturated rings. The Balaban J connectivity index is 1.90. The molecule has 1 aromatic heterocycles. The summed E-state index contributed by atoms with van der Waals surface area (Å²) in [6, 6.07) is 9.13. The molecule has 0 spiro atoms. The summed E-state index contributed by atoms with van der Waals surface area (Å²) in [6.07, 6.45) is 1.37. The van der Waals surface area contributed by atoms with Gasteiger partial charge >= 0.3 is 0 Å². The van der Waals surface area contributed by atoms with Gasteiger partial charge in [0.2, 0.25) is 11.0 Å². The van der Waals surface area contributed by atoms with E-state index in [9.17, 15) is 4.79 Å². The maximum absolute atomic E-state index is 12.1. The first-order valence-corrected chi connectivity index (χ1v) is 7.79.